The number of anilines is 1. The number of carbonyl (C=O) groups is 1. The van der Waals surface area contributed by atoms with E-state index in [1.807, 2.05) is 6.92 Å². The summed E-state index contributed by atoms with van der Waals surface area (Å²) in [6, 6.07) is 6.12. The third-order valence-electron chi connectivity index (χ3n) is 4.36. The fraction of sp³-hybridized carbons (Fsp3) is 0.278. The first kappa shape index (κ1) is 17.9. The number of thiophene rings is 1. The molecule has 9 heteroatoms. The number of hydrogen-bond acceptors (Lipinski definition) is 7. The van der Waals surface area contributed by atoms with Gasteiger partial charge in [-0.15, -0.1) is 11.3 Å². The van der Waals surface area contributed by atoms with Crippen LogP contribution in [-0.2, 0) is 17.6 Å². The van der Waals surface area contributed by atoms with Gasteiger partial charge >= 0.3 is 0 Å². The number of amides is 1. The number of fused-ring (bicyclic) bond motifs is 3. The van der Waals surface area contributed by atoms with E-state index in [2.05, 4.69) is 15.3 Å². The molecule has 4 rings (SSSR count). The van der Waals surface area contributed by atoms with Crippen LogP contribution in [0.3, 0.4) is 0 Å². The molecule has 0 atom stereocenters. The van der Waals surface area contributed by atoms with Gasteiger partial charge in [0, 0.05) is 16.3 Å². The molecule has 1 N–H and O–H groups in total. The second-order valence-corrected chi connectivity index (χ2v) is 8.27. The molecule has 1 aromatic carbocycles. The molecule has 1 amide bonds. The van der Waals surface area contributed by atoms with Crippen LogP contribution in [0.1, 0.15) is 22.7 Å². The van der Waals surface area contributed by atoms with Crippen molar-refractivity contribution < 1.29 is 9.72 Å². The second kappa shape index (κ2) is 7.24. The Morgan fingerprint density at radius 1 is 1.33 bits per heavy atom. The molecule has 0 aliphatic heterocycles. The molecule has 1 aliphatic carbocycles. The monoisotopic (exact) mass is 400 g/mol. The summed E-state index contributed by atoms with van der Waals surface area (Å²) in [5.41, 5.74) is 1.40. The molecule has 0 spiro atoms. The van der Waals surface area contributed by atoms with Crippen molar-refractivity contribution in [3.05, 3.63) is 50.6 Å². The summed E-state index contributed by atoms with van der Waals surface area (Å²) in [7, 11) is 0. The smallest absolute Gasteiger partial charge is 0.292 e. The van der Waals surface area contributed by atoms with Gasteiger partial charge in [-0.25, -0.2) is 9.97 Å². The normalized spacial score (nSPS) is 12.9. The van der Waals surface area contributed by atoms with Gasteiger partial charge in [-0.2, -0.15) is 0 Å². The predicted octanol–water partition coefficient (Wildman–Crippen LogP) is 4.13. The summed E-state index contributed by atoms with van der Waals surface area (Å²) in [5.74, 6) is 0.511. The number of para-hydroxylation sites is 2. The molecule has 0 fully saturated rings. The molecule has 2 aromatic heterocycles. The summed E-state index contributed by atoms with van der Waals surface area (Å²) >= 11 is 3.07. The zero-order valence-electron chi connectivity index (χ0n) is 14.5. The van der Waals surface area contributed by atoms with Crippen molar-refractivity contribution in [2.75, 3.05) is 11.1 Å². The summed E-state index contributed by atoms with van der Waals surface area (Å²) in [4.78, 5) is 34.4. The van der Waals surface area contributed by atoms with E-state index in [0.29, 0.717) is 5.82 Å². The average Bonchev–Trinajstić information content (AvgIpc) is 3.20. The number of carbonyl (C=O) groups excluding carboxylic acids is 1. The third kappa shape index (κ3) is 3.52. The molecule has 27 heavy (non-hydrogen) atoms. The molecular weight excluding hydrogens is 384 g/mol. The van der Waals surface area contributed by atoms with Crippen molar-refractivity contribution in [3.63, 3.8) is 0 Å². The van der Waals surface area contributed by atoms with E-state index in [1.54, 1.807) is 23.5 Å². The lowest BCUT2D eigenvalue weighted by Gasteiger charge is -2.07. The minimum atomic E-state index is -0.505. The van der Waals surface area contributed by atoms with Crippen LogP contribution in [0.2, 0.25) is 0 Å². The largest absolute Gasteiger partial charge is 0.320 e. The van der Waals surface area contributed by atoms with Gasteiger partial charge in [-0.3, -0.25) is 14.9 Å². The Morgan fingerprint density at radius 2 is 2.15 bits per heavy atom. The van der Waals surface area contributed by atoms with E-state index in [4.69, 9.17) is 0 Å². The van der Waals surface area contributed by atoms with Gasteiger partial charge in [-0.1, -0.05) is 23.9 Å². The number of nitrogens with one attached hydrogen (secondary N) is 1. The number of hydrogen-bond donors (Lipinski definition) is 1. The number of benzene rings is 1. The van der Waals surface area contributed by atoms with E-state index in [-0.39, 0.29) is 23.0 Å². The molecule has 138 valence electrons. The van der Waals surface area contributed by atoms with Crippen LogP contribution >= 0.6 is 23.1 Å². The zero-order chi connectivity index (χ0) is 19.0. The molecule has 0 saturated heterocycles. The molecule has 2 heterocycles. The van der Waals surface area contributed by atoms with Crippen LogP contribution in [-0.4, -0.2) is 26.6 Å². The van der Waals surface area contributed by atoms with Crippen LogP contribution in [0.25, 0.3) is 10.2 Å². The second-order valence-electron chi connectivity index (χ2n) is 6.22. The van der Waals surface area contributed by atoms with Gasteiger partial charge in [0.05, 0.1) is 10.7 Å². The van der Waals surface area contributed by atoms with Crippen LogP contribution in [0.15, 0.2) is 29.3 Å². The minimum absolute atomic E-state index is 0.119. The lowest BCUT2D eigenvalue weighted by atomic mass is 10.2. The van der Waals surface area contributed by atoms with Crippen LogP contribution < -0.4 is 5.32 Å². The number of nitro groups is 1. The number of nitrogens with zero attached hydrogens (tertiary/aromatic N) is 3. The lowest BCUT2D eigenvalue weighted by Crippen LogP contribution is -2.15. The van der Waals surface area contributed by atoms with E-state index in [1.165, 1.54) is 34.3 Å². The fourth-order valence-electron chi connectivity index (χ4n) is 3.23. The van der Waals surface area contributed by atoms with Gasteiger partial charge < -0.3 is 5.32 Å². The fourth-order valence-corrected chi connectivity index (χ4v) is 5.50. The van der Waals surface area contributed by atoms with Gasteiger partial charge in [-0.05, 0) is 37.8 Å². The Hall–Kier alpha value is -2.52. The Balaban J connectivity index is 1.54. The van der Waals surface area contributed by atoms with Crippen molar-refractivity contribution in [2.24, 2.45) is 0 Å². The van der Waals surface area contributed by atoms with Gasteiger partial charge in [0.2, 0.25) is 5.91 Å². The van der Waals surface area contributed by atoms with Crippen molar-refractivity contribution in [2.45, 2.75) is 31.2 Å². The molecule has 0 radical (unpaired) electrons. The van der Waals surface area contributed by atoms with Crippen molar-refractivity contribution >= 4 is 50.6 Å². The quantitative estimate of drug-likeness (QED) is 0.299. The highest BCUT2D eigenvalue weighted by atomic mass is 32.2. The van der Waals surface area contributed by atoms with E-state index in [9.17, 15) is 14.9 Å². The predicted molar refractivity (Wildman–Crippen MR) is 107 cm³/mol. The van der Waals surface area contributed by atoms with Crippen molar-refractivity contribution in [3.8, 4) is 0 Å². The van der Waals surface area contributed by atoms with Crippen molar-refractivity contribution in [1.29, 1.82) is 0 Å². The standard InChI is InChI=1S/C18H16N4O3S2/c1-10-19-17(16-11-5-4-8-14(11)27-18(16)20-10)26-9-15(23)21-12-6-2-3-7-13(12)22(24)25/h2-3,6-7H,4-5,8-9H2,1H3,(H,21,23). The molecule has 3 aromatic rings. The van der Waals surface area contributed by atoms with E-state index < -0.39 is 4.92 Å². The number of nitro benzene ring substituents is 1. The van der Waals surface area contributed by atoms with Crippen LogP contribution in [0.5, 0.6) is 0 Å². The highest BCUT2D eigenvalue weighted by molar-refractivity contribution is 8.00. The molecule has 0 unspecified atom stereocenters. The third-order valence-corrected chi connectivity index (χ3v) is 6.52. The first-order valence-corrected chi connectivity index (χ1v) is 10.3. The maximum atomic E-state index is 12.4. The SMILES string of the molecule is Cc1nc(SCC(=O)Nc2ccccc2[N+](=O)[O-])c2c3c(sc2n1)CCC3. The van der Waals surface area contributed by atoms with Crippen LogP contribution in [0.4, 0.5) is 11.4 Å². The van der Waals surface area contributed by atoms with Gasteiger partial charge in [0.25, 0.3) is 5.69 Å². The minimum Gasteiger partial charge on any atom is -0.320 e. The van der Waals surface area contributed by atoms with E-state index >= 15 is 0 Å². The Kier molecular flexibility index (Phi) is 4.79. The van der Waals surface area contributed by atoms with Gasteiger partial charge in [0.15, 0.2) is 0 Å². The summed E-state index contributed by atoms with van der Waals surface area (Å²) in [5, 5.41) is 15.6. The molecular formula is C18H16N4O3S2. The highest BCUT2D eigenvalue weighted by Crippen LogP contribution is 2.40. The molecule has 0 bridgehead atoms. The highest BCUT2D eigenvalue weighted by Gasteiger charge is 2.22. The number of aromatic nitrogens is 2. The summed E-state index contributed by atoms with van der Waals surface area (Å²) in [6.07, 6.45) is 3.25. The molecule has 1 aliphatic rings. The maximum Gasteiger partial charge on any atom is 0.292 e. The first-order valence-electron chi connectivity index (χ1n) is 8.48. The number of rotatable bonds is 5. The Labute approximate surface area is 163 Å². The Morgan fingerprint density at radius 3 is 2.96 bits per heavy atom. The van der Waals surface area contributed by atoms with Gasteiger partial charge in [0.1, 0.15) is 21.4 Å². The maximum absolute atomic E-state index is 12.4. The number of thioether (sulfide) groups is 1. The van der Waals surface area contributed by atoms with E-state index in [0.717, 1.165) is 34.5 Å². The average molecular weight is 400 g/mol. The summed E-state index contributed by atoms with van der Waals surface area (Å²) < 4.78 is 0. The molecule has 0 saturated carbocycles. The summed E-state index contributed by atoms with van der Waals surface area (Å²) in [6.45, 7) is 1.85. The zero-order valence-corrected chi connectivity index (χ0v) is 16.2. The van der Waals surface area contributed by atoms with Crippen LogP contribution in [0, 0.1) is 17.0 Å². The first-order chi connectivity index (χ1) is 13.0. The number of aryl methyl sites for hydroxylation is 3. The Bertz CT molecular complexity index is 1060. The topological polar surface area (TPSA) is 98.0 Å². The lowest BCUT2D eigenvalue weighted by molar-refractivity contribution is -0.383. The van der Waals surface area contributed by atoms with Crippen molar-refractivity contribution in [1.82, 2.24) is 9.97 Å². The molecule has 7 nitrogen and oxygen atoms in total.